The zero-order valence-electron chi connectivity index (χ0n) is 20.5. The summed E-state index contributed by atoms with van der Waals surface area (Å²) in [5, 5.41) is 2.88. The van der Waals surface area contributed by atoms with Crippen molar-refractivity contribution < 1.29 is 23.4 Å². The van der Waals surface area contributed by atoms with Gasteiger partial charge in [0.1, 0.15) is 11.3 Å². The Hall–Kier alpha value is -4.04. The van der Waals surface area contributed by atoms with E-state index in [1.165, 1.54) is 0 Å². The lowest BCUT2D eigenvalue weighted by molar-refractivity contribution is 0.0946. The summed E-state index contributed by atoms with van der Waals surface area (Å²) in [6, 6.07) is 14.7. The summed E-state index contributed by atoms with van der Waals surface area (Å²) in [4.78, 5) is 17.1. The van der Waals surface area contributed by atoms with Gasteiger partial charge in [0.05, 0.1) is 21.3 Å². The van der Waals surface area contributed by atoms with Crippen LogP contribution in [0.1, 0.15) is 24.2 Å². The molecule has 182 valence electrons. The molecule has 1 amide bonds. The maximum atomic E-state index is 12.7. The Labute approximate surface area is 204 Å². The lowest BCUT2D eigenvalue weighted by Gasteiger charge is -2.19. The van der Waals surface area contributed by atoms with Crippen LogP contribution in [0.5, 0.6) is 17.2 Å². The number of ether oxygens (including phenoxy) is 3. The first-order valence-corrected chi connectivity index (χ1v) is 11.1. The quantitative estimate of drug-likeness (QED) is 0.382. The van der Waals surface area contributed by atoms with Crippen LogP contribution in [-0.4, -0.2) is 44.3 Å². The number of nitrogens with two attached hydrogens (primary N) is 1. The minimum absolute atomic E-state index is 0.187. The molecule has 0 radical (unpaired) electrons. The maximum Gasteiger partial charge on any atom is 0.251 e. The number of aromatic nitrogens is 1. The highest BCUT2D eigenvalue weighted by Gasteiger charge is 2.19. The first kappa shape index (κ1) is 24.1. The van der Waals surface area contributed by atoms with E-state index in [1.54, 1.807) is 33.6 Å². The molecule has 8 heteroatoms. The van der Waals surface area contributed by atoms with Gasteiger partial charge in [0.2, 0.25) is 5.75 Å². The molecular formula is C27H29N3O5. The van der Waals surface area contributed by atoms with E-state index < -0.39 is 5.54 Å². The Morgan fingerprint density at radius 1 is 1.00 bits per heavy atom. The highest BCUT2D eigenvalue weighted by molar-refractivity contribution is 5.98. The van der Waals surface area contributed by atoms with Gasteiger partial charge >= 0.3 is 0 Å². The van der Waals surface area contributed by atoms with Gasteiger partial charge in [-0.15, -0.1) is 0 Å². The van der Waals surface area contributed by atoms with Crippen LogP contribution in [0.2, 0.25) is 0 Å². The van der Waals surface area contributed by atoms with Crippen LogP contribution in [0, 0.1) is 0 Å². The first-order valence-electron chi connectivity index (χ1n) is 11.1. The summed E-state index contributed by atoms with van der Waals surface area (Å²) in [6.07, 6.45) is 1.72. The van der Waals surface area contributed by atoms with Crippen LogP contribution >= 0.6 is 0 Å². The lowest BCUT2D eigenvalue weighted by atomic mass is 10.0. The highest BCUT2D eigenvalue weighted by Crippen LogP contribution is 2.42. The molecule has 0 bridgehead atoms. The molecule has 4 aromatic rings. The summed E-state index contributed by atoms with van der Waals surface area (Å²) >= 11 is 0. The van der Waals surface area contributed by atoms with Crippen LogP contribution in [0.15, 0.2) is 59.1 Å². The zero-order valence-corrected chi connectivity index (χ0v) is 20.5. The van der Waals surface area contributed by atoms with Gasteiger partial charge < -0.3 is 29.7 Å². The summed E-state index contributed by atoms with van der Waals surface area (Å²) in [5.41, 5.74) is 9.73. The molecule has 0 aliphatic carbocycles. The Morgan fingerprint density at radius 2 is 1.71 bits per heavy atom. The number of methoxy groups -OCH3 is 3. The standard InChI is InChI=1S/C27H29N3O5/c1-27(2,28)15-30-26(31)17-8-6-7-16(11-17)19-9-10-29-20-14-21(35-24(19)20)18-12-22(32-3)25(34-5)23(13-18)33-4/h6-14H,15,28H2,1-5H3,(H,30,31). The molecule has 0 saturated heterocycles. The highest BCUT2D eigenvalue weighted by atomic mass is 16.5. The number of furan rings is 1. The fourth-order valence-electron chi connectivity index (χ4n) is 3.77. The van der Waals surface area contributed by atoms with Crippen LogP contribution < -0.4 is 25.3 Å². The zero-order chi connectivity index (χ0) is 25.2. The van der Waals surface area contributed by atoms with E-state index in [4.69, 9.17) is 24.4 Å². The number of benzene rings is 2. The normalized spacial score (nSPS) is 11.4. The molecule has 35 heavy (non-hydrogen) atoms. The summed E-state index contributed by atoms with van der Waals surface area (Å²) in [7, 11) is 4.69. The van der Waals surface area contributed by atoms with Gasteiger partial charge in [-0.05, 0) is 49.7 Å². The molecular weight excluding hydrogens is 446 g/mol. The Bertz CT molecular complexity index is 1350. The molecule has 0 fully saturated rings. The third kappa shape index (κ3) is 5.07. The molecule has 2 aromatic heterocycles. The Kier molecular flexibility index (Phi) is 6.66. The summed E-state index contributed by atoms with van der Waals surface area (Å²) in [6.45, 7) is 4.09. The molecule has 0 aliphatic heterocycles. The minimum atomic E-state index is -0.498. The number of fused-ring (bicyclic) bond motifs is 1. The van der Waals surface area contributed by atoms with Crippen LogP contribution in [0.4, 0.5) is 0 Å². The maximum absolute atomic E-state index is 12.7. The number of carbonyl (C=O) groups is 1. The van der Waals surface area contributed by atoms with E-state index >= 15 is 0 Å². The molecule has 0 spiro atoms. The predicted molar refractivity (Wildman–Crippen MR) is 135 cm³/mol. The van der Waals surface area contributed by atoms with Crippen molar-refractivity contribution in [3.05, 3.63) is 60.3 Å². The summed E-state index contributed by atoms with van der Waals surface area (Å²) in [5.74, 6) is 1.96. The van der Waals surface area contributed by atoms with Crippen LogP contribution in [0.3, 0.4) is 0 Å². The van der Waals surface area contributed by atoms with Gasteiger partial charge in [-0.2, -0.15) is 0 Å². The fourth-order valence-corrected chi connectivity index (χ4v) is 3.77. The van der Waals surface area contributed by atoms with E-state index in [1.807, 2.05) is 56.3 Å². The van der Waals surface area contributed by atoms with Crippen molar-refractivity contribution in [2.24, 2.45) is 5.73 Å². The number of hydrogen-bond donors (Lipinski definition) is 2. The van der Waals surface area contributed by atoms with Crippen molar-refractivity contribution in [3.63, 3.8) is 0 Å². The lowest BCUT2D eigenvalue weighted by Crippen LogP contribution is -2.45. The SMILES string of the molecule is COc1cc(-c2cc3nccc(-c4cccc(C(=O)NCC(C)(C)N)c4)c3o2)cc(OC)c1OC. The summed E-state index contributed by atoms with van der Waals surface area (Å²) < 4.78 is 22.6. The van der Waals surface area contributed by atoms with Crippen molar-refractivity contribution >= 4 is 17.0 Å². The van der Waals surface area contributed by atoms with Crippen LogP contribution in [-0.2, 0) is 0 Å². The third-order valence-electron chi connectivity index (χ3n) is 5.50. The van der Waals surface area contributed by atoms with E-state index in [-0.39, 0.29) is 5.91 Å². The predicted octanol–water partition coefficient (Wildman–Crippen LogP) is 4.65. The number of nitrogens with zero attached hydrogens (tertiary/aromatic N) is 1. The van der Waals surface area contributed by atoms with Crippen LogP contribution in [0.25, 0.3) is 33.6 Å². The van der Waals surface area contributed by atoms with Crippen molar-refractivity contribution in [1.29, 1.82) is 0 Å². The Morgan fingerprint density at radius 3 is 2.34 bits per heavy atom. The van der Waals surface area contributed by atoms with Crippen molar-refractivity contribution in [1.82, 2.24) is 10.3 Å². The number of amides is 1. The second kappa shape index (κ2) is 9.68. The van der Waals surface area contributed by atoms with Gasteiger partial charge in [0.15, 0.2) is 17.1 Å². The first-order chi connectivity index (χ1) is 16.7. The average molecular weight is 476 g/mol. The van der Waals surface area contributed by atoms with E-state index in [9.17, 15) is 4.79 Å². The minimum Gasteiger partial charge on any atom is -0.493 e. The molecule has 0 aliphatic rings. The molecule has 4 rings (SSSR count). The monoisotopic (exact) mass is 475 g/mol. The number of nitrogens with one attached hydrogen (secondary N) is 1. The van der Waals surface area contributed by atoms with Gasteiger partial charge in [0, 0.05) is 41.0 Å². The number of hydrogen-bond acceptors (Lipinski definition) is 7. The van der Waals surface area contributed by atoms with Crippen molar-refractivity contribution in [2.45, 2.75) is 19.4 Å². The third-order valence-corrected chi connectivity index (χ3v) is 5.50. The topological polar surface area (TPSA) is 109 Å². The molecule has 8 nitrogen and oxygen atoms in total. The van der Waals surface area contributed by atoms with Crippen molar-refractivity contribution in [2.75, 3.05) is 27.9 Å². The fraction of sp³-hybridized carbons (Fsp3) is 0.259. The second-order valence-corrected chi connectivity index (χ2v) is 8.85. The second-order valence-electron chi connectivity index (χ2n) is 8.85. The molecule has 0 saturated carbocycles. The molecule has 0 atom stereocenters. The smallest absolute Gasteiger partial charge is 0.251 e. The van der Waals surface area contributed by atoms with Crippen molar-refractivity contribution in [3.8, 4) is 39.7 Å². The molecule has 0 unspecified atom stereocenters. The van der Waals surface area contributed by atoms with E-state index in [0.717, 1.165) is 16.7 Å². The Balaban J connectivity index is 1.74. The largest absolute Gasteiger partial charge is 0.493 e. The van der Waals surface area contributed by atoms with Gasteiger partial charge in [-0.25, -0.2) is 0 Å². The van der Waals surface area contributed by atoms with Gasteiger partial charge in [0.25, 0.3) is 5.91 Å². The van der Waals surface area contributed by atoms with Gasteiger partial charge in [-0.1, -0.05) is 12.1 Å². The van der Waals surface area contributed by atoms with E-state index in [0.29, 0.717) is 46.2 Å². The number of carbonyl (C=O) groups excluding carboxylic acids is 1. The van der Waals surface area contributed by atoms with Gasteiger partial charge in [-0.3, -0.25) is 9.78 Å². The number of rotatable bonds is 8. The molecule has 2 heterocycles. The number of pyridine rings is 1. The average Bonchev–Trinajstić information content (AvgIpc) is 3.30. The van der Waals surface area contributed by atoms with E-state index in [2.05, 4.69) is 10.3 Å². The molecule has 3 N–H and O–H groups in total. The molecule has 2 aromatic carbocycles.